The second-order valence-electron chi connectivity index (χ2n) is 6.27. The quantitative estimate of drug-likeness (QED) is 0.919. The number of carbonyl (C=O) groups is 1. The van der Waals surface area contributed by atoms with Gasteiger partial charge in [-0.1, -0.05) is 18.1 Å². The SMILES string of the molecule is COCc1cn(C2CCN(C(=O)NC3CCCC3)CC2)nn1. The summed E-state index contributed by atoms with van der Waals surface area (Å²) >= 11 is 0. The number of aromatic nitrogens is 3. The summed E-state index contributed by atoms with van der Waals surface area (Å²) in [4.78, 5) is 14.2. The minimum absolute atomic E-state index is 0.101. The van der Waals surface area contributed by atoms with Crippen LogP contribution in [0.3, 0.4) is 0 Å². The number of urea groups is 1. The number of piperidine rings is 1. The zero-order chi connectivity index (χ0) is 15.4. The van der Waals surface area contributed by atoms with Gasteiger partial charge in [0.1, 0.15) is 5.69 Å². The summed E-state index contributed by atoms with van der Waals surface area (Å²) in [5.41, 5.74) is 0.851. The Kier molecular flexibility index (Phi) is 4.92. The van der Waals surface area contributed by atoms with Gasteiger partial charge in [0.25, 0.3) is 0 Å². The summed E-state index contributed by atoms with van der Waals surface area (Å²) in [6.45, 7) is 2.05. The molecule has 0 bridgehead atoms. The van der Waals surface area contributed by atoms with Crippen LogP contribution in [-0.2, 0) is 11.3 Å². The maximum atomic E-state index is 12.3. The minimum Gasteiger partial charge on any atom is -0.378 e. The Morgan fingerprint density at radius 1 is 1.32 bits per heavy atom. The van der Waals surface area contributed by atoms with Gasteiger partial charge in [0.2, 0.25) is 0 Å². The van der Waals surface area contributed by atoms with Gasteiger partial charge in [-0.3, -0.25) is 0 Å². The number of methoxy groups -OCH3 is 1. The molecular formula is C15H25N5O2. The van der Waals surface area contributed by atoms with Crippen molar-refractivity contribution in [3.8, 4) is 0 Å². The Labute approximate surface area is 131 Å². The van der Waals surface area contributed by atoms with E-state index in [0.717, 1.165) is 44.5 Å². The summed E-state index contributed by atoms with van der Waals surface area (Å²) in [7, 11) is 1.65. The van der Waals surface area contributed by atoms with E-state index >= 15 is 0 Å². The molecule has 1 aliphatic heterocycles. The molecule has 2 fully saturated rings. The highest BCUT2D eigenvalue weighted by atomic mass is 16.5. The van der Waals surface area contributed by atoms with Crippen molar-refractivity contribution < 1.29 is 9.53 Å². The smallest absolute Gasteiger partial charge is 0.317 e. The normalized spacial score (nSPS) is 20.5. The van der Waals surface area contributed by atoms with E-state index in [-0.39, 0.29) is 6.03 Å². The fourth-order valence-corrected chi connectivity index (χ4v) is 3.38. The Bertz CT molecular complexity index is 490. The molecule has 22 heavy (non-hydrogen) atoms. The molecule has 0 radical (unpaired) electrons. The largest absolute Gasteiger partial charge is 0.378 e. The molecule has 7 nitrogen and oxygen atoms in total. The third-order valence-corrected chi connectivity index (χ3v) is 4.66. The molecule has 3 rings (SSSR count). The predicted octanol–water partition coefficient (Wildman–Crippen LogP) is 1.71. The number of ether oxygens (including phenoxy) is 1. The van der Waals surface area contributed by atoms with Crippen molar-refractivity contribution in [2.75, 3.05) is 20.2 Å². The van der Waals surface area contributed by atoms with Crippen molar-refractivity contribution in [1.29, 1.82) is 0 Å². The number of rotatable bonds is 4. The maximum Gasteiger partial charge on any atom is 0.317 e. The average Bonchev–Trinajstić information content (AvgIpc) is 3.20. The lowest BCUT2D eigenvalue weighted by Crippen LogP contribution is -2.47. The second-order valence-corrected chi connectivity index (χ2v) is 6.27. The van der Waals surface area contributed by atoms with Crippen LogP contribution >= 0.6 is 0 Å². The van der Waals surface area contributed by atoms with Crippen LogP contribution in [0.15, 0.2) is 6.20 Å². The van der Waals surface area contributed by atoms with Gasteiger partial charge >= 0.3 is 6.03 Å². The van der Waals surface area contributed by atoms with E-state index in [1.54, 1.807) is 7.11 Å². The first-order valence-corrected chi connectivity index (χ1v) is 8.21. The number of amides is 2. The standard InChI is InChI=1S/C15H25N5O2/c1-22-11-13-10-20(18-17-13)14-6-8-19(9-7-14)15(21)16-12-4-2-3-5-12/h10,12,14H,2-9,11H2,1H3,(H,16,21). The van der Waals surface area contributed by atoms with Crippen molar-refractivity contribution in [3.63, 3.8) is 0 Å². The molecule has 2 heterocycles. The summed E-state index contributed by atoms with van der Waals surface area (Å²) in [5.74, 6) is 0. The molecule has 122 valence electrons. The molecule has 0 aromatic carbocycles. The van der Waals surface area contributed by atoms with Crippen LogP contribution < -0.4 is 5.32 Å². The molecule has 0 spiro atoms. The molecule has 0 unspecified atom stereocenters. The van der Waals surface area contributed by atoms with Crippen molar-refractivity contribution in [2.24, 2.45) is 0 Å². The van der Waals surface area contributed by atoms with Crippen LogP contribution in [0.25, 0.3) is 0 Å². The lowest BCUT2D eigenvalue weighted by atomic mass is 10.1. The lowest BCUT2D eigenvalue weighted by Gasteiger charge is -2.32. The van der Waals surface area contributed by atoms with Gasteiger partial charge in [0.05, 0.1) is 18.8 Å². The fourth-order valence-electron chi connectivity index (χ4n) is 3.38. The molecule has 7 heteroatoms. The summed E-state index contributed by atoms with van der Waals surface area (Å²) in [6.07, 6.45) is 8.53. The summed E-state index contributed by atoms with van der Waals surface area (Å²) in [5, 5.41) is 11.4. The summed E-state index contributed by atoms with van der Waals surface area (Å²) < 4.78 is 6.98. The van der Waals surface area contributed by atoms with Gasteiger partial charge in [0.15, 0.2) is 0 Å². The first-order valence-electron chi connectivity index (χ1n) is 8.21. The summed E-state index contributed by atoms with van der Waals surface area (Å²) in [6, 6.07) is 0.815. The third kappa shape index (κ3) is 3.58. The van der Waals surface area contributed by atoms with E-state index in [1.807, 2.05) is 15.8 Å². The predicted molar refractivity (Wildman–Crippen MR) is 81.4 cm³/mol. The van der Waals surface area contributed by atoms with Gasteiger partial charge in [-0.2, -0.15) is 0 Å². The molecule has 2 aliphatic rings. The van der Waals surface area contributed by atoms with E-state index in [9.17, 15) is 4.79 Å². The molecule has 1 N–H and O–H groups in total. The number of nitrogens with one attached hydrogen (secondary N) is 1. The van der Waals surface area contributed by atoms with E-state index in [0.29, 0.717) is 18.7 Å². The van der Waals surface area contributed by atoms with E-state index in [1.165, 1.54) is 12.8 Å². The van der Waals surface area contributed by atoms with Crippen LogP contribution in [0, 0.1) is 0 Å². The zero-order valence-electron chi connectivity index (χ0n) is 13.2. The Hall–Kier alpha value is -1.63. The first kappa shape index (κ1) is 15.3. The number of hydrogen-bond acceptors (Lipinski definition) is 4. The molecule has 1 aliphatic carbocycles. The van der Waals surface area contributed by atoms with E-state index in [4.69, 9.17) is 4.74 Å². The second kappa shape index (κ2) is 7.09. The van der Waals surface area contributed by atoms with Crippen LogP contribution in [-0.4, -0.2) is 52.2 Å². The van der Waals surface area contributed by atoms with Gasteiger partial charge in [-0.05, 0) is 25.7 Å². The van der Waals surface area contributed by atoms with Crippen molar-refractivity contribution in [1.82, 2.24) is 25.2 Å². The number of likely N-dealkylation sites (tertiary alicyclic amines) is 1. The van der Waals surface area contributed by atoms with E-state index < -0.39 is 0 Å². The highest BCUT2D eigenvalue weighted by molar-refractivity contribution is 5.74. The lowest BCUT2D eigenvalue weighted by molar-refractivity contribution is 0.165. The minimum atomic E-state index is 0.101. The monoisotopic (exact) mass is 307 g/mol. The van der Waals surface area contributed by atoms with Crippen molar-refractivity contribution >= 4 is 6.03 Å². The average molecular weight is 307 g/mol. The molecule has 1 saturated heterocycles. The Morgan fingerprint density at radius 2 is 2.05 bits per heavy atom. The number of hydrogen-bond donors (Lipinski definition) is 1. The van der Waals surface area contributed by atoms with Gasteiger partial charge in [-0.25, -0.2) is 9.48 Å². The van der Waals surface area contributed by atoms with Gasteiger partial charge < -0.3 is 15.0 Å². The van der Waals surface area contributed by atoms with Gasteiger partial charge in [0, 0.05) is 26.2 Å². The fraction of sp³-hybridized carbons (Fsp3) is 0.800. The maximum absolute atomic E-state index is 12.3. The zero-order valence-corrected chi connectivity index (χ0v) is 13.2. The highest BCUT2D eigenvalue weighted by Gasteiger charge is 2.26. The van der Waals surface area contributed by atoms with Crippen LogP contribution in [0.5, 0.6) is 0 Å². The number of nitrogens with zero attached hydrogens (tertiary/aromatic N) is 4. The van der Waals surface area contributed by atoms with Crippen LogP contribution in [0.4, 0.5) is 4.79 Å². The molecule has 2 amide bonds. The number of carbonyl (C=O) groups excluding carboxylic acids is 1. The third-order valence-electron chi connectivity index (χ3n) is 4.66. The van der Waals surface area contributed by atoms with Crippen LogP contribution in [0.2, 0.25) is 0 Å². The topological polar surface area (TPSA) is 72.3 Å². The Balaban J connectivity index is 1.47. The molecule has 0 atom stereocenters. The first-order chi connectivity index (χ1) is 10.8. The van der Waals surface area contributed by atoms with Crippen molar-refractivity contribution in [2.45, 2.75) is 57.2 Å². The molecule has 1 saturated carbocycles. The van der Waals surface area contributed by atoms with E-state index in [2.05, 4.69) is 15.6 Å². The molecular weight excluding hydrogens is 282 g/mol. The molecule has 1 aromatic heterocycles. The Morgan fingerprint density at radius 3 is 2.73 bits per heavy atom. The van der Waals surface area contributed by atoms with Gasteiger partial charge in [-0.15, -0.1) is 5.10 Å². The van der Waals surface area contributed by atoms with Crippen molar-refractivity contribution in [3.05, 3.63) is 11.9 Å². The highest BCUT2D eigenvalue weighted by Crippen LogP contribution is 2.23. The molecule has 1 aromatic rings. The van der Waals surface area contributed by atoms with Crippen LogP contribution in [0.1, 0.15) is 50.3 Å².